The fourth-order valence-electron chi connectivity index (χ4n) is 1.72. The molecule has 0 aromatic heterocycles. The van der Waals surface area contributed by atoms with E-state index in [2.05, 4.69) is 4.99 Å². The standard InChI is InChI=1S/C13H12Cl3NO/c1-9(10-5-3-2-4-6-10)7-11-8-18-12(17-11)13(14,15)16/h2-7,11H,8H2,1H3/b9-7-. The molecule has 0 amide bonds. The van der Waals surface area contributed by atoms with Crippen molar-refractivity contribution in [2.24, 2.45) is 4.99 Å². The van der Waals surface area contributed by atoms with Crippen molar-refractivity contribution >= 4 is 46.3 Å². The molecule has 0 aliphatic carbocycles. The van der Waals surface area contributed by atoms with Crippen LogP contribution in [0.3, 0.4) is 0 Å². The van der Waals surface area contributed by atoms with Crippen LogP contribution in [0.1, 0.15) is 12.5 Å². The lowest BCUT2D eigenvalue weighted by atomic mass is 10.1. The van der Waals surface area contributed by atoms with Crippen molar-refractivity contribution < 1.29 is 4.74 Å². The number of benzene rings is 1. The van der Waals surface area contributed by atoms with E-state index < -0.39 is 3.79 Å². The second-order valence-electron chi connectivity index (χ2n) is 4.03. The minimum absolute atomic E-state index is 0.101. The molecule has 1 aliphatic heterocycles. The molecule has 18 heavy (non-hydrogen) atoms. The molecule has 5 heteroatoms. The van der Waals surface area contributed by atoms with Crippen molar-refractivity contribution in [1.29, 1.82) is 0 Å². The van der Waals surface area contributed by atoms with Crippen LogP contribution >= 0.6 is 34.8 Å². The molecule has 96 valence electrons. The van der Waals surface area contributed by atoms with Crippen molar-refractivity contribution in [2.45, 2.75) is 16.8 Å². The van der Waals surface area contributed by atoms with Crippen LogP contribution in [0.25, 0.3) is 5.57 Å². The summed E-state index contributed by atoms with van der Waals surface area (Å²) < 4.78 is 3.70. The molecule has 1 heterocycles. The normalized spacial score (nSPS) is 20.6. The largest absolute Gasteiger partial charge is 0.475 e. The summed E-state index contributed by atoms with van der Waals surface area (Å²) in [7, 11) is 0. The van der Waals surface area contributed by atoms with E-state index in [0.29, 0.717) is 6.61 Å². The Morgan fingerprint density at radius 3 is 2.56 bits per heavy atom. The minimum atomic E-state index is -1.58. The maximum atomic E-state index is 5.71. The highest BCUT2D eigenvalue weighted by molar-refractivity contribution is 6.76. The SMILES string of the molecule is C/C(=C/C1COC(C(Cl)(Cl)Cl)=N1)c1ccccc1. The van der Waals surface area contributed by atoms with E-state index in [1.54, 1.807) is 0 Å². The lowest BCUT2D eigenvalue weighted by Crippen LogP contribution is -2.18. The van der Waals surface area contributed by atoms with Crippen molar-refractivity contribution in [2.75, 3.05) is 6.61 Å². The van der Waals surface area contributed by atoms with Crippen molar-refractivity contribution in [3.63, 3.8) is 0 Å². The quantitative estimate of drug-likeness (QED) is 0.748. The fraction of sp³-hybridized carbons (Fsp3) is 0.308. The number of halogens is 3. The van der Waals surface area contributed by atoms with Crippen molar-refractivity contribution in [3.05, 3.63) is 42.0 Å². The molecule has 1 aromatic carbocycles. The first kappa shape index (κ1) is 13.7. The fourth-order valence-corrected chi connectivity index (χ4v) is 2.03. The van der Waals surface area contributed by atoms with Crippen LogP contribution < -0.4 is 0 Å². The van der Waals surface area contributed by atoms with Gasteiger partial charge in [-0.1, -0.05) is 71.2 Å². The molecule has 0 bridgehead atoms. The molecule has 1 aliphatic rings. The lowest BCUT2D eigenvalue weighted by Gasteiger charge is -2.08. The zero-order chi connectivity index (χ0) is 13.2. The summed E-state index contributed by atoms with van der Waals surface area (Å²) in [6.45, 7) is 2.44. The second-order valence-corrected chi connectivity index (χ2v) is 6.31. The molecule has 1 atom stereocenters. The van der Waals surface area contributed by atoms with E-state index in [0.717, 1.165) is 11.1 Å². The maximum Gasteiger partial charge on any atom is 0.266 e. The molecule has 1 unspecified atom stereocenters. The number of allylic oxidation sites excluding steroid dienone is 1. The molecular weight excluding hydrogens is 293 g/mol. The average molecular weight is 305 g/mol. The third-order valence-corrected chi connectivity index (χ3v) is 3.07. The van der Waals surface area contributed by atoms with Gasteiger partial charge >= 0.3 is 0 Å². The van der Waals surface area contributed by atoms with Gasteiger partial charge in [-0.3, -0.25) is 0 Å². The molecule has 0 fully saturated rings. The van der Waals surface area contributed by atoms with Crippen molar-refractivity contribution in [3.8, 4) is 0 Å². The van der Waals surface area contributed by atoms with Gasteiger partial charge in [0.05, 0.1) is 0 Å². The second kappa shape index (κ2) is 5.52. The van der Waals surface area contributed by atoms with Crippen LogP contribution in [-0.4, -0.2) is 22.3 Å². The predicted molar refractivity (Wildman–Crippen MR) is 77.6 cm³/mol. The third kappa shape index (κ3) is 3.41. The number of nitrogens with zero attached hydrogens (tertiary/aromatic N) is 1. The Morgan fingerprint density at radius 2 is 2.00 bits per heavy atom. The monoisotopic (exact) mass is 303 g/mol. The van der Waals surface area contributed by atoms with Crippen LogP contribution in [0.15, 0.2) is 41.4 Å². The van der Waals surface area contributed by atoms with Gasteiger partial charge in [-0.2, -0.15) is 0 Å². The molecule has 0 saturated carbocycles. The third-order valence-electron chi connectivity index (χ3n) is 2.59. The molecular formula is C13H12Cl3NO. The van der Waals surface area contributed by atoms with Crippen LogP contribution in [0.5, 0.6) is 0 Å². The van der Waals surface area contributed by atoms with Gasteiger partial charge in [-0.05, 0) is 18.1 Å². The zero-order valence-corrected chi connectivity index (χ0v) is 12.0. The zero-order valence-electron chi connectivity index (χ0n) is 9.74. The summed E-state index contributed by atoms with van der Waals surface area (Å²) in [5, 5.41) is 0. The molecule has 0 N–H and O–H groups in total. The van der Waals surface area contributed by atoms with E-state index >= 15 is 0 Å². The first-order valence-corrected chi connectivity index (χ1v) is 6.62. The Hall–Kier alpha value is -0.700. The molecule has 0 saturated heterocycles. The van der Waals surface area contributed by atoms with Crippen LogP contribution in [0.2, 0.25) is 0 Å². The highest BCUT2D eigenvalue weighted by Gasteiger charge is 2.34. The van der Waals surface area contributed by atoms with Gasteiger partial charge in [-0.15, -0.1) is 0 Å². The Labute approximate surface area is 121 Å². The molecule has 0 spiro atoms. The molecule has 1 aromatic rings. The Bertz CT molecular complexity index is 477. The first-order valence-electron chi connectivity index (χ1n) is 5.48. The number of hydrogen-bond donors (Lipinski definition) is 0. The number of hydrogen-bond acceptors (Lipinski definition) is 2. The van der Waals surface area contributed by atoms with Crippen LogP contribution in [-0.2, 0) is 4.74 Å². The van der Waals surface area contributed by atoms with Gasteiger partial charge in [0.2, 0.25) is 5.90 Å². The number of aliphatic imine (C=N–C) groups is 1. The molecule has 0 radical (unpaired) electrons. The van der Waals surface area contributed by atoms with Crippen LogP contribution in [0, 0.1) is 0 Å². The number of ether oxygens (including phenoxy) is 1. The van der Waals surface area contributed by atoms with Gasteiger partial charge in [0.1, 0.15) is 12.6 Å². The average Bonchev–Trinajstić information content (AvgIpc) is 2.78. The summed E-state index contributed by atoms with van der Waals surface area (Å²) in [5.74, 6) is 0.162. The lowest BCUT2D eigenvalue weighted by molar-refractivity contribution is 0.326. The Kier molecular flexibility index (Phi) is 4.21. The maximum absolute atomic E-state index is 5.71. The summed E-state index contributed by atoms with van der Waals surface area (Å²) in [5.41, 5.74) is 2.27. The molecule has 2 nitrogen and oxygen atoms in total. The number of rotatable bonds is 2. The summed E-state index contributed by atoms with van der Waals surface area (Å²) in [6, 6.07) is 9.95. The topological polar surface area (TPSA) is 21.6 Å². The van der Waals surface area contributed by atoms with Crippen molar-refractivity contribution in [1.82, 2.24) is 0 Å². The predicted octanol–water partition coefficient (Wildman–Crippen LogP) is 4.26. The summed E-state index contributed by atoms with van der Waals surface area (Å²) in [6.07, 6.45) is 2.01. The van der Waals surface area contributed by atoms with E-state index in [1.165, 1.54) is 0 Å². The first-order chi connectivity index (χ1) is 8.47. The smallest absolute Gasteiger partial charge is 0.266 e. The number of alkyl halides is 3. The van der Waals surface area contributed by atoms with E-state index in [-0.39, 0.29) is 11.9 Å². The molecule has 2 rings (SSSR count). The van der Waals surface area contributed by atoms with Gasteiger partial charge in [0.25, 0.3) is 3.79 Å². The van der Waals surface area contributed by atoms with E-state index in [9.17, 15) is 0 Å². The van der Waals surface area contributed by atoms with E-state index in [1.807, 2.05) is 43.3 Å². The summed E-state index contributed by atoms with van der Waals surface area (Å²) >= 11 is 17.1. The summed E-state index contributed by atoms with van der Waals surface area (Å²) in [4.78, 5) is 4.25. The van der Waals surface area contributed by atoms with Gasteiger partial charge in [0, 0.05) is 0 Å². The minimum Gasteiger partial charge on any atom is -0.475 e. The van der Waals surface area contributed by atoms with Crippen LogP contribution in [0.4, 0.5) is 0 Å². The highest BCUT2D eigenvalue weighted by atomic mass is 35.6. The van der Waals surface area contributed by atoms with Gasteiger partial charge < -0.3 is 4.74 Å². The Balaban J connectivity index is 2.14. The highest BCUT2D eigenvalue weighted by Crippen LogP contribution is 2.31. The van der Waals surface area contributed by atoms with E-state index in [4.69, 9.17) is 39.5 Å². The van der Waals surface area contributed by atoms with Gasteiger partial charge in [0.15, 0.2) is 0 Å². The Morgan fingerprint density at radius 1 is 1.33 bits per heavy atom. The van der Waals surface area contributed by atoms with Gasteiger partial charge in [-0.25, -0.2) is 4.99 Å².